The normalized spacial score (nSPS) is 10.8. The van der Waals surface area contributed by atoms with Crippen LogP contribution in [0.15, 0.2) is 78.9 Å². The second kappa shape index (κ2) is 19.7. The van der Waals surface area contributed by atoms with Gasteiger partial charge in [0.05, 0.1) is 12.2 Å². The fourth-order valence-electron chi connectivity index (χ4n) is 4.68. The molecule has 0 radical (unpaired) electrons. The first-order chi connectivity index (χ1) is 19.7. The van der Waals surface area contributed by atoms with Crippen molar-refractivity contribution >= 4 is 5.97 Å². The molecule has 0 amide bonds. The van der Waals surface area contributed by atoms with Crippen LogP contribution in [0.3, 0.4) is 0 Å². The fraction of sp³-hybridized carbons (Fsp3) is 0.472. The van der Waals surface area contributed by atoms with E-state index in [0.29, 0.717) is 24.5 Å². The number of hydrogen-bond donors (Lipinski definition) is 0. The van der Waals surface area contributed by atoms with E-state index in [1.54, 1.807) is 36.4 Å². The number of ether oxygens (including phenoxy) is 3. The van der Waals surface area contributed by atoms with Gasteiger partial charge in [0.1, 0.15) is 23.9 Å². The van der Waals surface area contributed by atoms with Gasteiger partial charge >= 0.3 is 5.97 Å². The van der Waals surface area contributed by atoms with Gasteiger partial charge in [0.15, 0.2) is 0 Å². The summed E-state index contributed by atoms with van der Waals surface area (Å²) < 4.78 is 17.2. The third-order valence-electron chi connectivity index (χ3n) is 7.14. The van der Waals surface area contributed by atoms with Crippen LogP contribution in [0.1, 0.15) is 113 Å². The zero-order valence-electron chi connectivity index (χ0n) is 24.5. The molecule has 3 aromatic rings. The first kappa shape index (κ1) is 31.3. The molecular formula is C36H48O4. The molecule has 0 spiro atoms. The van der Waals surface area contributed by atoms with Gasteiger partial charge in [0, 0.05) is 0 Å². The van der Waals surface area contributed by atoms with Crippen LogP contribution in [0.2, 0.25) is 0 Å². The summed E-state index contributed by atoms with van der Waals surface area (Å²) in [5.41, 5.74) is 1.60. The lowest BCUT2D eigenvalue weighted by atomic mass is 10.0. The molecule has 0 bridgehead atoms. The van der Waals surface area contributed by atoms with Crippen molar-refractivity contribution in [2.75, 3.05) is 6.61 Å². The number of esters is 1. The Labute approximate surface area is 242 Å². The third-order valence-corrected chi connectivity index (χ3v) is 7.14. The van der Waals surface area contributed by atoms with Crippen LogP contribution in [0.5, 0.6) is 17.2 Å². The topological polar surface area (TPSA) is 44.8 Å². The Morgan fingerprint density at radius 1 is 0.525 bits per heavy atom. The highest BCUT2D eigenvalue weighted by Crippen LogP contribution is 2.21. The molecule has 4 heteroatoms. The highest BCUT2D eigenvalue weighted by atomic mass is 16.5. The third kappa shape index (κ3) is 13.2. The number of unbranched alkanes of at least 4 members (excludes halogenated alkanes) is 13. The summed E-state index contributed by atoms with van der Waals surface area (Å²) in [6.07, 6.45) is 18.9. The van der Waals surface area contributed by atoms with Gasteiger partial charge < -0.3 is 14.2 Å². The Kier molecular flexibility index (Phi) is 15.4. The Balaban J connectivity index is 1.21. The van der Waals surface area contributed by atoms with Gasteiger partial charge in [-0.25, -0.2) is 4.79 Å². The molecule has 0 saturated carbocycles. The van der Waals surface area contributed by atoms with Gasteiger partial charge in [-0.15, -0.1) is 0 Å². The van der Waals surface area contributed by atoms with Crippen LogP contribution >= 0.6 is 0 Å². The maximum Gasteiger partial charge on any atom is 0.343 e. The molecule has 0 aliphatic heterocycles. The maximum atomic E-state index is 12.5. The second-order valence-electron chi connectivity index (χ2n) is 10.6. The number of carbonyl (C=O) groups is 1. The Morgan fingerprint density at radius 2 is 1.00 bits per heavy atom. The molecule has 0 aliphatic carbocycles. The van der Waals surface area contributed by atoms with Crippen molar-refractivity contribution in [2.45, 2.75) is 103 Å². The van der Waals surface area contributed by atoms with E-state index in [-0.39, 0.29) is 0 Å². The molecule has 216 valence electrons. The Bertz CT molecular complexity index is 1040. The fourth-order valence-corrected chi connectivity index (χ4v) is 4.68. The van der Waals surface area contributed by atoms with Crippen LogP contribution in [0.25, 0.3) is 0 Å². The van der Waals surface area contributed by atoms with E-state index < -0.39 is 5.97 Å². The lowest BCUT2D eigenvalue weighted by Gasteiger charge is -2.09. The number of carbonyl (C=O) groups excluding carboxylic acids is 1. The van der Waals surface area contributed by atoms with E-state index in [0.717, 1.165) is 23.5 Å². The van der Waals surface area contributed by atoms with E-state index in [4.69, 9.17) is 14.2 Å². The predicted molar refractivity (Wildman–Crippen MR) is 164 cm³/mol. The van der Waals surface area contributed by atoms with Crippen LogP contribution in [0, 0.1) is 0 Å². The Morgan fingerprint density at radius 3 is 1.57 bits per heavy atom. The smallest absolute Gasteiger partial charge is 0.343 e. The largest absolute Gasteiger partial charge is 0.494 e. The minimum Gasteiger partial charge on any atom is -0.494 e. The quantitative estimate of drug-likeness (QED) is 0.0760. The molecule has 0 N–H and O–H groups in total. The molecule has 0 saturated heterocycles. The molecule has 0 fully saturated rings. The van der Waals surface area contributed by atoms with E-state index >= 15 is 0 Å². The van der Waals surface area contributed by atoms with Crippen LogP contribution in [-0.4, -0.2) is 12.6 Å². The van der Waals surface area contributed by atoms with Crippen LogP contribution in [-0.2, 0) is 6.61 Å². The van der Waals surface area contributed by atoms with Gasteiger partial charge in [-0.05, 0) is 60.5 Å². The standard InChI is InChI=1S/C36H48O4/c1-2-3-4-5-6-7-8-9-10-11-12-13-14-18-29-38-33-23-21-32(22-24-33)36(37)40-35-27-25-34(26-28-35)39-30-31-19-16-15-17-20-31/h15-17,19-28H,2-14,18,29-30H2,1H3. The molecule has 0 atom stereocenters. The number of benzene rings is 3. The molecule has 0 unspecified atom stereocenters. The minimum atomic E-state index is -0.392. The van der Waals surface area contributed by atoms with E-state index in [2.05, 4.69) is 6.92 Å². The molecule has 0 heterocycles. The van der Waals surface area contributed by atoms with Crippen molar-refractivity contribution in [1.82, 2.24) is 0 Å². The monoisotopic (exact) mass is 544 g/mol. The van der Waals surface area contributed by atoms with Crippen molar-refractivity contribution in [3.05, 3.63) is 90.0 Å². The van der Waals surface area contributed by atoms with Crippen LogP contribution in [0.4, 0.5) is 0 Å². The molecule has 40 heavy (non-hydrogen) atoms. The summed E-state index contributed by atoms with van der Waals surface area (Å²) in [6.45, 7) is 3.48. The summed E-state index contributed by atoms with van der Waals surface area (Å²) >= 11 is 0. The lowest BCUT2D eigenvalue weighted by Crippen LogP contribution is -2.08. The zero-order valence-corrected chi connectivity index (χ0v) is 24.5. The van der Waals surface area contributed by atoms with Crippen molar-refractivity contribution in [3.8, 4) is 17.2 Å². The first-order valence-corrected chi connectivity index (χ1v) is 15.5. The average Bonchev–Trinajstić information content (AvgIpc) is 2.99. The van der Waals surface area contributed by atoms with Gasteiger partial charge in [-0.1, -0.05) is 121 Å². The van der Waals surface area contributed by atoms with Crippen LogP contribution < -0.4 is 14.2 Å². The highest BCUT2D eigenvalue weighted by Gasteiger charge is 2.09. The summed E-state index contributed by atoms with van der Waals surface area (Å²) in [5.74, 6) is 1.60. The summed E-state index contributed by atoms with van der Waals surface area (Å²) in [7, 11) is 0. The van der Waals surface area contributed by atoms with Gasteiger partial charge in [0.25, 0.3) is 0 Å². The van der Waals surface area contributed by atoms with E-state index in [1.165, 1.54) is 83.5 Å². The molecule has 3 aromatic carbocycles. The molecule has 3 rings (SSSR count). The van der Waals surface area contributed by atoms with Crippen molar-refractivity contribution in [3.63, 3.8) is 0 Å². The van der Waals surface area contributed by atoms with Crippen molar-refractivity contribution in [2.24, 2.45) is 0 Å². The summed E-state index contributed by atoms with van der Waals surface area (Å²) in [6, 6.07) is 24.3. The SMILES string of the molecule is CCCCCCCCCCCCCCCCOc1ccc(C(=O)Oc2ccc(OCc3ccccc3)cc2)cc1. The summed E-state index contributed by atoms with van der Waals surface area (Å²) in [5, 5.41) is 0. The van der Waals surface area contributed by atoms with Crippen molar-refractivity contribution < 1.29 is 19.0 Å². The summed E-state index contributed by atoms with van der Waals surface area (Å²) in [4.78, 5) is 12.5. The lowest BCUT2D eigenvalue weighted by molar-refractivity contribution is 0.0734. The minimum absolute atomic E-state index is 0.392. The second-order valence-corrected chi connectivity index (χ2v) is 10.6. The van der Waals surface area contributed by atoms with E-state index in [1.807, 2.05) is 42.5 Å². The molecule has 0 aromatic heterocycles. The van der Waals surface area contributed by atoms with Gasteiger partial charge in [-0.3, -0.25) is 0 Å². The van der Waals surface area contributed by atoms with Gasteiger partial charge in [0.2, 0.25) is 0 Å². The first-order valence-electron chi connectivity index (χ1n) is 15.5. The molecular weight excluding hydrogens is 496 g/mol. The molecule has 0 aliphatic rings. The number of hydrogen-bond acceptors (Lipinski definition) is 4. The zero-order chi connectivity index (χ0) is 28.1. The average molecular weight is 545 g/mol. The Hall–Kier alpha value is -3.27. The maximum absolute atomic E-state index is 12.5. The highest BCUT2D eigenvalue weighted by molar-refractivity contribution is 5.91. The van der Waals surface area contributed by atoms with Gasteiger partial charge in [-0.2, -0.15) is 0 Å². The predicted octanol–water partition coefficient (Wildman–Crippen LogP) is 10.3. The molecule has 4 nitrogen and oxygen atoms in total. The van der Waals surface area contributed by atoms with Crippen molar-refractivity contribution in [1.29, 1.82) is 0 Å². The van der Waals surface area contributed by atoms with E-state index in [9.17, 15) is 4.79 Å². The number of rotatable bonds is 21.